The molecule has 0 radical (unpaired) electrons. The van der Waals surface area contributed by atoms with Gasteiger partial charge in [0.1, 0.15) is 6.04 Å². The smallest absolute Gasteiger partial charge is 0.249 e. The molecule has 3 rings (SSSR count). The van der Waals surface area contributed by atoms with E-state index in [0.717, 1.165) is 30.5 Å². The van der Waals surface area contributed by atoms with Gasteiger partial charge in [-0.15, -0.1) is 12.4 Å². The third-order valence-corrected chi connectivity index (χ3v) is 5.67. The summed E-state index contributed by atoms with van der Waals surface area (Å²) >= 11 is 0. The van der Waals surface area contributed by atoms with Gasteiger partial charge >= 0.3 is 0 Å². The van der Waals surface area contributed by atoms with E-state index in [9.17, 15) is 9.59 Å². The van der Waals surface area contributed by atoms with Crippen LogP contribution in [0.4, 0.5) is 5.69 Å². The van der Waals surface area contributed by atoms with Gasteiger partial charge < -0.3 is 16.0 Å². The number of benzene rings is 2. The molecule has 0 heterocycles. The van der Waals surface area contributed by atoms with E-state index in [1.165, 1.54) is 0 Å². The van der Waals surface area contributed by atoms with E-state index in [1.807, 2.05) is 60.7 Å². The Kier molecular flexibility index (Phi) is 8.68. The number of likely N-dealkylation sites (N-methyl/N-ethyl adjacent to an activating group) is 1. The standard InChI is InChI=1S/C23H29N3O2.ClH/c1-26(19-12-6-3-7-13-19)23(28)21(15-17-9-4-2-5-10-17)25-22(27)20-14-8-11-18(20)16-24;/h2-7,9-10,12-13,18,20-21H,8,11,14-16,24H2,1H3,(H,25,27);1H/t18-,20-,21+;/m1./s1. The van der Waals surface area contributed by atoms with Crippen LogP contribution in [0.1, 0.15) is 24.8 Å². The van der Waals surface area contributed by atoms with Crippen LogP contribution in [-0.2, 0) is 16.0 Å². The van der Waals surface area contributed by atoms with E-state index >= 15 is 0 Å². The van der Waals surface area contributed by atoms with E-state index in [1.54, 1.807) is 11.9 Å². The van der Waals surface area contributed by atoms with Crippen molar-refractivity contribution in [1.82, 2.24) is 5.32 Å². The fourth-order valence-corrected chi connectivity index (χ4v) is 4.01. The molecule has 5 nitrogen and oxygen atoms in total. The topological polar surface area (TPSA) is 75.4 Å². The average molecular weight is 416 g/mol. The van der Waals surface area contributed by atoms with Crippen LogP contribution in [0.3, 0.4) is 0 Å². The maximum absolute atomic E-state index is 13.2. The number of amides is 2. The second-order valence-electron chi connectivity index (χ2n) is 7.52. The minimum absolute atomic E-state index is 0. The summed E-state index contributed by atoms with van der Waals surface area (Å²) in [5.41, 5.74) is 7.67. The average Bonchev–Trinajstić information content (AvgIpc) is 3.22. The van der Waals surface area contributed by atoms with Crippen molar-refractivity contribution in [2.45, 2.75) is 31.7 Å². The Morgan fingerprint density at radius 2 is 1.69 bits per heavy atom. The maximum atomic E-state index is 13.2. The summed E-state index contributed by atoms with van der Waals surface area (Å²) < 4.78 is 0. The molecule has 6 heteroatoms. The van der Waals surface area contributed by atoms with Crippen molar-refractivity contribution in [1.29, 1.82) is 0 Å². The van der Waals surface area contributed by atoms with Crippen LogP contribution < -0.4 is 16.0 Å². The summed E-state index contributed by atoms with van der Waals surface area (Å²) in [4.78, 5) is 27.8. The van der Waals surface area contributed by atoms with Crippen LogP contribution in [0.15, 0.2) is 60.7 Å². The third kappa shape index (κ3) is 5.81. The highest BCUT2D eigenvalue weighted by molar-refractivity contribution is 5.99. The molecule has 1 fully saturated rings. The zero-order chi connectivity index (χ0) is 19.9. The fraction of sp³-hybridized carbons (Fsp3) is 0.391. The Bertz CT molecular complexity index is 785. The second kappa shape index (κ2) is 11.0. The lowest BCUT2D eigenvalue weighted by atomic mass is 9.94. The first kappa shape index (κ1) is 22.9. The predicted octanol–water partition coefficient (Wildman–Crippen LogP) is 3.17. The molecule has 3 N–H and O–H groups in total. The SMILES string of the molecule is CN(C(=O)[C@H](Cc1ccccc1)NC(=O)[C@@H]1CCC[C@@H]1CN)c1ccccc1.Cl. The van der Waals surface area contributed by atoms with Crippen LogP contribution in [0, 0.1) is 11.8 Å². The molecule has 29 heavy (non-hydrogen) atoms. The van der Waals surface area contributed by atoms with E-state index in [4.69, 9.17) is 5.73 Å². The van der Waals surface area contributed by atoms with Crippen molar-refractivity contribution in [3.8, 4) is 0 Å². The first-order valence-corrected chi connectivity index (χ1v) is 9.97. The lowest BCUT2D eigenvalue weighted by molar-refractivity contribution is -0.130. The highest BCUT2D eigenvalue weighted by atomic mass is 35.5. The molecule has 1 aliphatic rings. The number of nitrogens with one attached hydrogen (secondary N) is 1. The number of nitrogens with zero attached hydrogens (tertiary/aromatic N) is 1. The lowest BCUT2D eigenvalue weighted by Crippen LogP contribution is -2.51. The highest BCUT2D eigenvalue weighted by Gasteiger charge is 2.34. The van der Waals surface area contributed by atoms with Gasteiger partial charge in [0.2, 0.25) is 11.8 Å². The number of anilines is 1. The molecule has 0 spiro atoms. The Hall–Kier alpha value is -2.37. The van der Waals surface area contributed by atoms with Crippen LogP contribution in [0.5, 0.6) is 0 Å². The molecule has 0 bridgehead atoms. The molecule has 3 atom stereocenters. The summed E-state index contributed by atoms with van der Waals surface area (Å²) in [5.74, 6) is -0.0631. The van der Waals surface area contributed by atoms with Crippen molar-refractivity contribution in [2.75, 3.05) is 18.5 Å². The molecular weight excluding hydrogens is 386 g/mol. The number of hydrogen-bond acceptors (Lipinski definition) is 3. The summed E-state index contributed by atoms with van der Waals surface area (Å²) in [7, 11) is 1.75. The van der Waals surface area contributed by atoms with Gasteiger partial charge in [0, 0.05) is 25.1 Å². The molecular formula is C23H30ClN3O2. The molecule has 2 aromatic carbocycles. The van der Waals surface area contributed by atoms with E-state index in [0.29, 0.717) is 13.0 Å². The summed E-state index contributed by atoms with van der Waals surface area (Å²) in [6.07, 6.45) is 3.30. The molecule has 2 aromatic rings. The van der Waals surface area contributed by atoms with Gasteiger partial charge in [-0.05, 0) is 43.0 Å². The Morgan fingerprint density at radius 3 is 2.31 bits per heavy atom. The number of nitrogens with two attached hydrogens (primary N) is 1. The number of carbonyl (C=O) groups excluding carboxylic acids is 2. The molecule has 2 amide bonds. The largest absolute Gasteiger partial charge is 0.344 e. The third-order valence-electron chi connectivity index (χ3n) is 5.67. The fourth-order valence-electron chi connectivity index (χ4n) is 4.01. The second-order valence-corrected chi connectivity index (χ2v) is 7.52. The minimum Gasteiger partial charge on any atom is -0.344 e. The summed E-state index contributed by atoms with van der Waals surface area (Å²) in [6, 6.07) is 18.7. The van der Waals surface area contributed by atoms with Gasteiger partial charge in [-0.1, -0.05) is 55.0 Å². The first-order valence-electron chi connectivity index (χ1n) is 9.97. The quantitative estimate of drug-likeness (QED) is 0.729. The zero-order valence-corrected chi connectivity index (χ0v) is 17.6. The summed E-state index contributed by atoms with van der Waals surface area (Å²) in [6.45, 7) is 0.513. The van der Waals surface area contributed by atoms with Crippen LogP contribution in [-0.4, -0.2) is 31.4 Å². The van der Waals surface area contributed by atoms with Crippen molar-refractivity contribution >= 4 is 29.9 Å². The molecule has 156 valence electrons. The van der Waals surface area contributed by atoms with Gasteiger partial charge in [-0.3, -0.25) is 9.59 Å². The van der Waals surface area contributed by atoms with Gasteiger partial charge in [0.15, 0.2) is 0 Å². The predicted molar refractivity (Wildman–Crippen MR) is 119 cm³/mol. The van der Waals surface area contributed by atoms with Crippen molar-refractivity contribution < 1.29 is 9.59 Å². The molecule has 1 aliphatic carbocycles. The number of para-hydroxylation sites is 1. The normalized spacial score (nSPS) is 19.1. The summed E-state index contributed by atoms with van der Waals surface area (Å²) in [5, 5.41) is 3.04. The van der Waals surface area contributed by atoms with Crippen molar-refractivity contribution in [3.63, 3.8) is 0 Å². The Labute approximate surface area is 179 Å². The monoisotopic (exact) mass is 415 g/mol. The van der Waals surface area contributed by atoms with E-state index in [2.05, 4.69) is 5.32 Å². The Morgan fingerprint density at radius 1 is 1.07 bits per heavy atom. The lowest BCUT2D eigenvalue weighted by Gasteiger charge is -2.27. The molecule has 0 aromatic heterocycles. The highest BCUT2D eigenvalue weighted by Crippen LogP contribution is 2.31. The number of rotatable bonds is 7. The van der Waals surface area contributed by atoms with Gasteiger partial charge in [-0.2, -0.15) is 0 Å². The van der Waals surface area contributed by atoms with E-state index in [-0.39, 0.29) is 36.1 Å². The van der Waals surface area contributed by atoms with Crippen LogP contribution in [0.2, 0.25) is 0 Å². The van der Waals surface area contributed by atoms with Crippen LogP contribution in [0.25, 0.3) is 0 Å². The molecule has 0 aliphatic heterocycles. The molecule has 0 saturated heterocycles. The number of halogens is 1. The molecule has 1 saturated carbocycles. The first-order chi connectivity index (χ1) is 13.6. The van der Waals surface area contributed by atoms with E-state index < -0.39 is 6.04 Å². The minimum atomic E-state index is -0.612. The maximum Gasteiger partial charge on any atom is 0.249 e. The Balaban J connectivity index is 0.00000300. The van der Waals surface area contributed by atoms with Crippen LogP contribution >= 0.6 is 12.4 Å². The number of hydrogen-bond donors (Lipinski definition) is 2. The van der Waals surface area contributed by atoms with Gasteiger partial charge in [0.05, 0.1) is 0 Å². The van der Waals surface area contributed by atoms with Crippen molar-refractivity contribution in [3.05, 3.63) is 66.2 Å². The van der Waals surface area contributed by atoms with Gasteiger partial charge in [0.25, 0.3) is 0 Å². The molecule has 0 unspecified atom stereocenters. The zero-order valence-electron chi connectivity index (χ0n) is 16.8. The van der Waals surface area contributed by atoms with Gasteiger partial charge in [-0.25, -0.2) is 0 Å². The number of carbonyl (C=O) groups is 2. The van der Waals surface area contributed by atoms with Crippen molar-refractivity contribution in [2.24, 2.45) is 17.6 Å².